The average molecular weight is 339 g/mol. The molecule has 0 aromatic heterocycles. The number of hydrogen-bond acceptors (Lipinski definition) is 4. The van der Waals surface area contributed by atoms with E-state index in [2.05, 4.69) is 5.32 Å². The van der Waals surface area contributed by atoms with Crippen LogP contribution in [0.5, 0.6) is 0 Å². The Kier molecular flexibility index (Phi) is 5.38. The van der Waals surface area contributed by atoms with E-state index in [4.69, 9.17) is 5.73 Å². The van der Waals surface area contributed by atoms with Gasteiger partial charge in [-0.3, -0.25) is 9.59 Å². The number of carbonyl (C=O) groups is 2. The summed E-state index contributed by atoms with van der Waals surface area (Å²) < 4.78 is 26.4. The van der Waals surface area contributed by atoms with Crippen LogP contribution >= 0.6 is 0 Å². The molecular weight excluding hydrogens is 318 g/mol. The number of primary amides is 1. The van der Waals surface area contributed by atoms with Crippen molar-refractivity contribution >= 4 is 21.8 Å². The SMILES string of the molecule is CC(C(N)=O)C(=O)NC1CCN(S(=O)(=O)c2ccccc2)CC1. The van der Waals surface area contributed by atoms with Gasteiger partial charge in [-0.25, -0.2) is 8.42 Å². The molecule has 0 saturated carbocycles. The average Bonchev–Trinajstić information content (AvgIpc) is 2.55. The van der Waals surface area contributed by atoms with Gasteiger partial charge in [-0.1, -0.05) is 18.2 Å². The van der Waals surface area contributed by atoms with Crippen LogP contribution in [-0.4, -0.2) is 43.7 Å². The second-order valence-corrected chi connectivity index (χ2v) is 7.56. The molecule has 1 aliphatic rings. The number of carbonyl (C=O) groups excluding carboxylic acids is 2. The molecule has 1 aromatic rings. The van der Waals surface area contributed by atoms with Gasteiger partial charge in [-0.2, -0.15) is 4.31 Å². The van der Waals surface area contributed by atoms with Gasteiger partial charge in [0.1, 0.15) is 5.92 Å². The van der Waals surface area contributed by atoms with Crippen LogP contribution in [0.4, 0.5) is 0 Å². The van der Waals surface area contributed by atoms with E-state index in [0.29, 0.717) is 25.9 Å². The van der Waals surface area contributed by atoms with Crippen LogP contribution in [0.2, 0.25) is 0 Å². The topological polar surface area (TPSA) is 110 Å². The molecule has 23 heavy (non-hydrogen) atoms. The molecular formula is C15H21N3O4S. The van der Waals surface area contributed by atoms with Crippen molar-refractivity contribution < 1.29 is 18.0 Å². The minimum atomic E-state index is -3.50. The summed E-state index contributed by atoms with van der Waals surface area (Å²) in [4.78, 5) is 23.1. The molecule has 0 spiro atoms. The summed E-state index contributed by atoms with van der Waals surface area (Å²) in [5, 5.41) is 2.75. The van der Waals surface area contributed by atoms with Gasteiger partial charge in [0, 0.05) is 19.1 Å². The van der Waals surface area contributed by atoms with Crippen LogP contribution in [0.25, 0.3) is 0 Å². The van der Waals surface area contributed by atoms with Crippen molar-refractivity contribution in [3.05, 3.63) is 30.3 Å². The number of benzene rings is 1. The Balaban J connectivity index is 1.94. The lowest BCUT2D eigenvalue weighted by Gasteiger charge is -2.32. The van der Waals surface area contributed by atoms with E-state index in [1.165, 1.54) is 11.2 Å². The molecule has 1 saturated heterocycles. The maximum absolute atomic E-state index is 12.5. The Hall–Kier alpha value is -1.93. The molecule has 8 heteroatoms. The maximum Gasteiger partial charge on any atom is 0.243 e. The van der Waals surface area contributed by atoms with Crippen LogP contribution in [0.3, 0.4) is 0 Å². The highest BCUT2D eigenvalue weighted by Crippen LogP contribution is 2.20. The van der Waals surface area contributed by atoms with Crippen LogP contribution in [0, 0.1) is 5.92 Å². The van der Waals surface area contributed by atoms with Gasteiger partial charge in [-0.15, -0.1) is 0 Å². The lowest BCUT2D eigenvalue weighted by molar-refractivity contribution is -0.133. The molecule has 0 aliphatic carbocycles. The minimum absolute atomic E-state index is 0.147. The van der Waals surface area contributed by atoms with Crippen LogP contribution in [0.15, 0.2) is 35.2 Å². The van der Waals surface area contributed by atoms with Gasteiger partial charge in [0.2, 0.25) is 21.8 Å². The van der Waals surface area contributed by atoms with E-state index >= 15 is 0 Å². The van der Waals surface area contributed by atoms with Crippen LogP contribution in [-0.2, 0) is 19.6 Å². The molecule has 1 atom stereocenters. The third kappa shape index (κ3) is 4.08. The molecule has 0 bridgehead atoms. The molecule has 126 valence electrons. The van der Waals surface area contributed by atoms with Crippen molar-refractivity contribution in [3.63, 3.8) is 0 Å². The number of nitrogens with two attached hydrogens (primary N) is 1. The Labute approximate surface area is 135 Å². The Bertz CT molecular complexity index is 667. The van der Waals surface area contributed by atoms with E-state index in [1.807, 2.05) is 0 Å². The third-order valence-electron chi connectivity index (χ3n) is 4.00. The predicted molar refractivity (Wildman–Crippen MR) is 84.7 cm³/mol. The molecule has 1 heterocycles. The van der Waals surface area contributed by atoms with E-state index in [0.717, 1.165) is 0 Å². The van der Waals surface area contributed by atoms with E-state index < -0.39 is 27.8 Å². The smallest absolute Gasteiger partial charge is 0.243 e. The summed E-state index contributed by atoms with van der Waals surface area (Å²) in [7, 11) is -3.50. The molecule has 1 aliphatic heterocycles. The summed E-state index contributed by atoms with van der Waals surface area (Å²) in [6.45, 7) is 2.10. The summed E-state index contributed by atoms with van der Waals surface area (Å²) in [6.07, 6.45) is 1.01. The molecule has 7 nitrogen and oxygen atoms in total. The second-order valence-electron chi connectivity index (χ2n) is 5.62. The highest BCUT2D eigenvalue weighted by atomic mass is 32.2. The van der Waals surface area contributed by atoms with Gasteiger partial charge in [0.25, 0.3) is 0 Å². The molecule has 1 aromatic carbocycles. The van der Waals surface area contributed by atoms with Crippen molar-refractivity contribution in [2.24, 2.45) is 11.7 Å². The van der Waals surface area contributed by atoms with Gasteiger partial charge in [0.15, 0.2) is 0 Å². The number of hydrogen-bond donors (Lipinski definition) is 2. The monoisotopic (exact) mass is 339 g/mol. The first-order chi connectivity index (χ1) is 10.8. The molecule has 2 rings (SSSR count). The number of amides is 2. The normalized spacial score (nSPS) is 18.3. The zero-order valence-corrected chi connectivity index (χ0v) is 13.8. The maximum atomic E-state index is 12.5. The van der Waals surface area contributed by atoms with Gasteiger partial charge >= 0.3 is 0 Å². The lowest BCUT2D eigenvalue weighted by Crippen LogP contribution is -2.48. The molecule has 0 radical (unpaired) electrons. The number of sulfonamides is 1. The van der Waals surface area contributed by atoms with E-state index in [9.17, 15) is 18.0 Å². The zero-order valence-electron chi connectivity index (χ0n) is 12.9. The summed E-state index contributed by atoms with van der Waals surface area (Å²) in [5.41, 5.74) is 5.10. The lowest BCUT2D eigenvalue weighted by atomic mass is 10.0. The largest absolute Gasteiger partial charge is 0.369 e. The fourth-order valence-electron chi connectivity index (χ4n) is 2.44. The van der Waals surface area contributed by atoms with E-state index in [-0.39, 0.29) is 10.9 Å². The quantitative estimate of drug-likeness (QED) is 0.740. The van der Waals surface area contributed by atoms with Gasteiger partial charge in [0.05, 0.1) is 4.90 Å². The fourth-order valence-corrected chi connectivity index (χ4v) is 3.93. The molecule has 1 unspecified atom stereocenters. The first-order valence-corrected chi connectivity index (χ1v) is 8.91. The fraction of sp³-hybridized carbons (Fsp3) is 0.467. The third-order valence-corrected chi connectivity index (χ3v) is 5.91. The highest BCUT2D eigenvalue weighted by molar-refractivity contribution is 7.89. The molecule has 2 amide bonds. The first-order valence-electron chi connectivity index (χ1n) is 7.47. The summed E-state index contributed by atoms with van der Waals surface area (Å²) >= 11 is 0. The number of nitrogens with one attached hydrogen (secondary N) is 1. The Morgan fingerprint density at radius 3 is 2.30 bits per heavy atom. The summed E-state index contributed by atoms with van der Waals surface area (Å²) in [6, 6.07) is 8.12. The van der Waals surface area contributed by atoms with Gasteiger partial charge < -0.3 is 11.1 Å². The number of piperidine rings is 1. The van der Waals surface area contributed by atoms with Crippen molar-refractivity contribution in [1.82, 2.24) is 9.62 Å². The van der Waals surface area contributed by atoms with Crippen LogP contribution < -0.4 is 11.1 Å². The first kappa shape index (κ1) is 17.4. The second kappa shape index (κ2) is 7.10. The van der Waals surface area contributed by atoms with Gasteiger partial charge in [-0.05, 0) is 31.9 Å². The molecule has 3 N–H and O–H groups in total. The zero-order chi connectivity index (χ0) is 17.0. The minimum Gasteiger partial charge on any atom is -0.369 e. The van der Waals surface area contributed by atoms with Crippen LogP contribution in [0.1, 0.15) is 19.8 Å². The van der Waals surface area contributed by atoms with Crippen molar-refractivity contribution in [2.75, 3.05) is 13.1 Å². The standard InChI is InChI=1S/C15H21N3O4S/c1-11(14(16)19)15(20)17-12-7-9-18(10-8-12)23(21,22)13-5-3-2-4-6-13/h2-6,11-12H,7-10H2,1H3,(H2,16,19)(H,17,20). The Morgan fingerprint density at radius 1 is 1.22 bits per heavy atom. The van der Waals surface area contributed by atoms with Crippen molar-refractivity contribution in [2.45, 2.75) is 30.7 Å². The molecule has 1 fully saturated rings. The number of nitrogens with zero attached hydrogens (tertiary/aromatic N) is 1. The van der Waals surface area contributed by atoms with Crippen molar-refractivity contribution in [1.29, 1.82) is 0 Å². The van der Waals surface area contributed by atoms with Crippen molar-refractivity contribution in [3.8, 4) is 0 Å². The Morgan fingerprint density at radius 2 is 1.78 bits per heavy atom. The highest BCUT2D eigenvalue weighted by Gasteiger charge is 2.30. The number of rotatable bonds is 5. The predicted octanol–water partition coefficient (Wildman–Crippen LogP) is 0.0773. The van der Waals surface area contributed by atoms with E-state index in [1.54, 1.807) is 30.3 Å². The summed E-state index contributed by atoms with van der Waals surface area (Å²) in [5.74, 6) is -1.98.